The SMILES string of the molecule is COc1ccc2c(c1)c(OC(=O)c1ccc(OC)c(OC3CCCC3)c1)nn2Cc1cccc([N+](=O)[O-])c1. The lowest BCUT2D eigenvalue weighted by atomic mass is 10.2. The molecule has 0 bridgehead atoms. The third-order valence-electron chi connectivity index (χ3n) is 6.56. The summed E-state index contributed by atoms with van der Waals surface area (Å²) in [4.78, 5) is 24.0. The van der Waals surface area contributed by atoms with Gasteiger partial charge in [0, 0.05) is 12.1 Å². The zero-order valence-electron chi connectivity index (χ0n) is 21.1. The van der Waals surface area contributed by atoms with Gasteiger partial charge in [0.05, 0.1) is 48.3 Å². The molecule has 1 aliphatic carbocycles. The maximum Gasteiger partial charge on any atom is 0.345 e. The predicted octanol–water partition coefficient (Wildman–Crippen LogP) is 5.55. The number of non-ortho nitro benzene ring substituents is 1. The summed E-state index contributed by atoms with van der Waals surface area (Å²) in [5.74, 6) is 1.11. The van der Waals surface area contributed by atoms with E-state index in [4.69, 9.17) is 18.9 Å². The number of carbonyl (C=O) groups is 1. The molecule has 0 spiro atoms. The normalized spacial score (nSPS) is 13.4. The largest absolute Gasteiger partial charge is 0.497 e. The lowest BCUT2D eigenvalue weighted by molar-refractivity contribution is -0.384. The number of nitrogens with zero attached hydrogens (tertiary/aromatic N) is 3. The molecular formula is C28H27N3O7. The molecular weight excluding hydrogens is 490 g/mol. The van der Waals surface area contributed by atoms with Crippen LogP contribution in [-0.4, -0.2) is 41.0 Å². The minimum atomic E-state index is -0.603. The molecule has 10 nitrogen and oxygen atoms in total. The van der Waals surface area contributed by atoms with Crippen LogP contribution in [0.25, 0.3) is 10.9 Å². The molecule has 1 aliphatic rings. The van der Waals surface area contributed by atoms with Crippen LogP contribution >= 0.6 is 0 Å². The average molecular weight is 518 g/mol. The Morgan fingerprint density at radius 3 is 2.58 bits per heavy atom. The van der Waals surface area contributed by atoms with E-state index in [0.717, 1.165) is 25.7 Å². The summed E-state index contributed by atoms with van der Waals surface area (Å²) in [5.41, 5.74) is 1.65. The van der Waals surface area contributed by atoms with Crippen LogP contribution in [0, 0.1) is 10.1 Å². The maximum absolute atomic E-state index is 13.2. The number of methoxy groups -OCH3 is 2. The fourth-order valence-corrected chi connectivity index (χ4v) is 4.62. The summed E-state index contributed by atoms with van der Waals surface area (Å²) in [7, 11) is 3.10. The first kappa shape index (κ1) is 25.1. The molecule has 1 heterocycles. The minimum Gasteiger partial charge on any atom is -0.497 e. The van der Waals surface area contributed by atoms with Crippen LogP contribution in [0.4, 0.5) is 5.69 Å². The smallest absolute Gasteiger partial charge is 0.345 e. The van der Waals surface area contributed by atoms with E-state index in [0.29, 0.717) is 39.3 Å². The Labute approximate surface area is 218 Å². The maximum atomic E-state index is 13.2. The van der Waals surface area contributed by atoms with Crippen LogP contribution in [0.5, 0.6) is 23.1 Å². The van der Waals surface area contributed by atoms with E-state index in [1.807, 2.05) is 0 Å². The first-order valence-corrected chi connectivity index (χ1v) is 12.3. The molecule has 0 aliphatic heterocycles. The Morgan fingerprint density at radius 1 is 1.03 bits per heavy atom. The summed E-state index contributed by atoms with van der Waals surface area (Å²) in [6.07, 6.45) is 4.26. The van der Waals surface area contributed by atoms with Crippen molar-refractivity contribution in [2.75, 3.05) is 14.2 Å². The van der Waals surface area contributed by atoms with E-state index < -0.39 is 10.9 Å². The van der Waals surface area contributed by atoms with Crippen molar-refractivity contribution in [1.29, 1.82) is 0 Å². The van der Waals surface area contributed by atoms with Gasteiger partial charge >= 0.3 is 5.97 Å². The molecule has 1 aromatic heterocycles. The molecule has 3 aromatic carbocycles. The molecule has 1 fully saturated rings. The van der Waals surface area contributed by atoms with Gasteiger partial charge in [-0.15, -0.1) is 5.10 Å². The molecule has 0 saturated heterocycles. The third kappa shape index (κ3) is 5.24. The molecule has 5 rings (SSSR count). The number of hydrogen-bond acceptors (Lipinski definition) is 8. The predicted molar refractivity (Wildman–Crippen MR) is 139 cm³/mol. The number of benzene rings is 3. The fraction of sp³-hybridized carbons (Fsp3) is 0.286. The van der Waals surface area contributed by atoms with Crippen molar-refractivity contribution in [3.8, 4) is 23.1 Å². The first-order valence-electron chi connectivity index (χ1n) is 12.3. The molecule has 0 N–H and O–H groups in total. The number of carbonyl (C=O) groups excluding carboxylic acids is 1. The highest BCUT2D eigenvalue weighted by Crippen LogP contribution is 2.34. The topological polar surface area (TPSA) is 115 Å². The van der Waals surface area contributed by atoms with Gasteiger partial charge in [-0.2, -0.15) is 0 Å². The summed E-state index contributed by atoms with van der Waals surface area (Å²) in [5, 5.41) is 16.3. The van der Waals surface area contributed by atoms with Crippen LogP contribution in [0.3, 0.4) is 0 Å². The molecule has 4 aromatic rings. The first-order chi connectivity index (χ1) is 18.4. The van der Waals surface area contributed by atoms with E-state index in [2.05, 4.69) is 5.10 Å². The van der Waals surface area contributed by atoms with Gasteiger partial charge in [-0.3, -0.25) is 14.8 Å². The number of esters is 1. The Morgan fingerprint density at radius 2 is 1.84 bits per heavy atom. The minimum absolute atomic E-state index is 0.0117. The van der Waals surface area contributed by atoms with Crippen molar-refractivity contribution >= 4 is 22.6 Å². The molecule has 0 atom stereocenters. The number of fused-ring (bicyclic) bond motifs is 1. The van der Waals surface area contributed by atoms with Crippen molar-refractivity contribution < 1.29 is 28.7 Å². The van der Waals surface area contributed by atoms with Crippen LogP contribution in [0.15, 0.2) is 60.7 Å². The van der Waals surface area contributed by atoms with Gasteiger partial charge < -0.3 is 18.9 Å². The van der Waals surface area contributed by atoms with E-state index in [-0.39, 0.29) is 24.2 Å². The van der Waals surface area contributed by atoms with Gasteiger partial charge in [0.15, 0.2) is 11.5 Å². The Balaban J connectivity index is 1.45. The van der Waals surface area contributed by atoms with Gasteiger partial charge in [0.1, 0.15) is 5.75 Å². The third-order valence-corrected chi connectivity index (χ3v) is 6.56. The molecule has 0 amide bonds. The number of nitro benzene ring substituents is 1. The van der Waals surface area contributed by atoms with E-state index in [9.17, 15) is 14.9 Å². The van der Waals surface area contributed by atoms with Crippen molar-refractivity contribution in [1.82, 2.24) is 9.78 Å². The fourth-order valence-electron chi connectivity index (χ4n) is 4.62. The number of nitro groups is 1. The van der Waals surface area contributed by atoms with E-state index >= 15 is 0 Å². The molecule has 10 heteroatoms. The summed E-state index contributed by atoms with van der Waals surface area (Å²) in [6, 6.07) is 16.6. The molecule has 1 saturated carbocycles. The highest BCUT2D eigenvalue weighted by Gasteiger charge is 2.22. The summed E-state index contributed by atoms with van der Waals surface area (Å²) >= 11 is 0. The molecule has 0 radical (unpaired) electrons. The van der Waals surface area contributed by atoms with Crippen molar-refractivity contribution in [3.05, 3.63) is 81.9 Å². The van der Waals surface area contributed by atoms with Crippen molar-refractivity contribution in [2.24, 2.45) is 0 Å². The van der Waals surface area contributed by atoms with E-state index in [1.54, 1.807) is 67.4 Å². The van der Waals surface area contributed by atoms with Gasteiger partial charge in [-0.1, -0.05) is 12.1 Å². The number of hydrogen-bond donors (Lipinski definition) is 0. The quantitative estimate of drug-likeness (QED) is 0.161. The highest BCUT2D eigenvalue weighted by molar-refractivity contribution is 5.95. The van der Waals surface area contributed by atoms with Gasteiger partial charge in [0.25, 0.3) is 5.69 Å². The molecule has 38 heavy (non-hydrogen) atoms. The van der Waals surface area contributed by atoms with Gasteiger partial charge in [-0.25, -0.2) is 4.79 Å². The van der Waals surface area contributed by atoms with Crippen LogP contribution in [0.2, 0.25) is 0 Å². The number of ether oxygens (including phenoxy) is 4. The molecule has 0 unspecified atom stereocenters. The second kappa shape index (κ2) is 10.8. The Kier molecular flexibility index (Phi) is 7.12. The van der Waals surface area contributed by atoms with E-state index in [1.165, 1.54) is 12.1 Å². The lowest BCUT2D eigenvalue weighted by Crippen LogP contribution is -2.14. The molecule has 196 valence electrons. The summed E-state index contributed by atoms with van der Waals surface area (Å²) < 4.78 is 24.3. The van der Waals surface area contributed by atoms with Gasteiger partial charge in [-0.05, 0) is 67.6 Å². The summed E-state index contributed by atoms with van der Waals surface area (Å²) in [6.45, 7) is 0.240. The van der Waals surface area contributed by atoms with Gasteiger partial charge in [0.2, 0.25) is 5.88 Å². The zero-order chi connectivity index (χ0) is 26.6. The Hall–Kier alpha value is -4.60. The second-order valence-corrected chi connectivity index (χ2v) is 9.05. The van der Waals surface area contributed by atoms with Crippen LogP contribution < -0.4 is 18.9 Å². The lowest BCUT2D eigenvalue weighted by Gasteiger charge is -2.16. The number of aromatic nitrogens is 2. The monoisotopic (exact) mass is 517 g/mol. The van der Waals surface area contributed by atoms with Crippen LogP contribution in [0.1, 0.15) is 41.6 Å². The van der Waals surface area contributed by atoms with Crippen molar-refractivity contribution in [3.63, 3.8) is 0 Å². The standard InChI is InChI=1S/C28H27N3O7/c1-35-22-11-12-24-23(16-22)27(29-30(24)17-18-6-5-7-20(14-18)31(33)34)38-28(32)19-10-13-25(36-2)26(15-19)37-21-8-3-4-9-21/h5-7,10-16,21H,3-4,8-9,17H2,1-2H3. The Bertz CT molecular complexity index is 1490. The zero-order valence-corrected chi connectivity index (χ0v) is 21.1. The van der Waals surface area contributed by atoms with Crippen LogP contribution in [-0.2, 0) is 6.54 Å². The van der Waals surface area contributed by atoms with Crippen molar-refractivity contribution in [2.45, 2.75) is 38.3 Å². The second-order valence-electron chi connectivity index (χ2n) is 9.05. The number of rotatable bonds is 9. The average Bonchev–Trinajstić information content (AvgIpc) is 3.56. The highest BCUT2D eigenvalue weighted by atomic mass is 16.6.